The molecule has 0 aliphatic rings. The monoisotopic (exact) mass is 215 g/mol. The van der Waals surface area contributed by atoms with Gasteiger partial charge in [0.2, 0.25) is 0 Å². The minimum absolute atomic E-state index is 0.264. The Hall–Kier alpha value is -1.36. The molecule has 1 aromatic heterocycles. The summed E-state index contributed by atoms with van der Waals surface area (Å²) in [6.07, 6.45) is 0.292. The number of methoxy groups -OCH3 is 1. The third-order valence-corrected chi connectivity index (χ3v) is 1.70. The average molecular weight is 216 g/mol. The SMILES string of the molecule is COC(=O)CCNc1ccc(Cl)nn1. The largest absolute Gasteiger partial charge is 0.469 e. The fraction of sp³-hybridized carbons (Fsp3) is 0.375. The standard InChI is InChI=1S/C8H10ClN3O2/c1-14-8(13)4-5-10-7-3-2-6(9)11-12-7/h2-3H,4-5H2,1H3,(H,10,12). The first kappa shape index (κ1) is 10.7. The Labute approximate surface area is 86.4 Å². The zero-order chi connectivity index (χ0) is 10.4. The number of carbonyl (C=O) groups is 1. The van der Waals surface area contributed by atoms with E-state index >= 15 is 0 Å². The minimum Gasteiger partial charge on any atom is -0.469 e. The molecule has 0 fully saturated rings. The van der Waals surface area contributed by atoms with E-state index in [1.165, 1.54) is 7.11 Å². The van der Waals surface area contributed by atoms with Gasteiger partial charge in [0.05, 0.1) is 13.5 Å². The first-order chi connectivity index (χ1) is 6.72. The van der Waals surface area contributed by atoms with Gasteiger partial charge >= 0.3 is 5.97 Å². The van der Waals surface area contributed by atoms with E-state index in [2.05, 4.69) is 20.3 Å². The molecule has 1 aromatic rings. The Morgan fingerprint density at radius 1 is 1.57 bits per heavy atom. The molecule has 1 N–H and O–H groups in total. The van der Waals surface area contributed by atoms with Crippen LogP contribution in [0.4, 0.5) is 5.82 Å². The molecule has 0 amide bonds. The molecule has 0 saturated heterocycles. The van der Waals surface area contributed by atoms with Crippen molar-refractivity contribution < 1.29 is 9.53 Å². The number of nitrogens with one attached hydrogen (secondary N) is 1. The predicted molar refractivity (Wildman–Crippen MR) is 52.2 cm³/mol. The lowest BCUT2D eigenvalue weighted by atomic mass is 10.4. The second kappa shape index (κ2) is 5.39. The molecule has 0 spiro atoms. The molecule has 1 heterocycles. The van der Waals surface area contributed by atoms with Crippen molar-refractivity contribution in [1.82, 2.24) is 10.2 Å². The first-order valence-electron chi connectivity index (χ1n) is 4.02. The van der Waals surface area contributed by atoms with Gasteiger partial charge in [0, 0.05) is 6.54 Å². The minimum atomic E-state index is -0.264. The Bertz CT molecular complexity index is 302. The van der Waals surface area contributed by atoms with Crippen LogP contribution in [0.15, 0.2) is 12.1 Å². The summed E-state index contributed by atoms with van der Waals surface area (Å²) in [6, 6.07) is 3.31. The third-order valence-electron chi connectivity index (χ3n) is 1.49. The Morgan fingerprint density at radius 2 is 2.36 bits per heavy atom. The van der Waals surface area contributed by atoms with Gasteiger partial charge in [-0.15, -0.1) is 10.2 Å². The van der Waals surface area contributed by atoms with Gasteiger partial charge in [-0.1, -0.05) is 11.6 Å². The van der Waals surface area contributed by atoms with E-state index in [0.29, 0.717) is 23.9 Å². The van der Waals surface area contributed by atoms with E-state index in [1.807, 2.05) is 0 Å². The van der Waals surface area contributed by atoms with Gasteiger partial charge in [-0.2, -0.15) is 0 Å². The lowest BCUT2D eigenvalue weighted by Gasteiger charge is -2.02. The van der Waals surface area contributed by atoms with E-state index in [0.717, 1.165) is 0 Å². The zero-order valence-corrected chi connectivity index (χ0v) is 8.41. The second-order valence-electron chi connectivity index (χ2n) is 2.49. The molecule has 6 heteroatoms. The summed E-state index contributed by atoms with van der Waals surface area (Å²) in [5, 5.41) is 10.6. The topological polar surface area (TPSA) is 64.1 Å². The maximum atomic E-state index is 10.7. The Kier molecular flexibility index (Phi) is 4.12. The molecule has 0 bridgehead atoms. The van der Waals surface area contributed by atoms with Gasteiger partial charge in [-0.25, -0.2) is 0 Å². The quantitative estimate of drug-likeness (QED) is 0.763. The molecule has 76 valence electrons. The molecule has 14 heavy (non-hydrogen) atoms. The van der Waals surface area contributed by atoms with Crippen molar-refractivity contribution in [1.29, 1.82) is 0 Å². The summed E-state index contributed by atoms with van der Waals surface area (Å²) in [5.74, 6) is 0.317. The summed E-state index contributed by atoms with van der Waals surface area (Å²) < 4.78 is 4.47. The maximum absolute atomic E-state index is 10.7. The highest BCUT2D eigenvalue weighted by Gasteiger charge is 2.00. The molecular formula is C8H10ClN3O2. The molecule has 0 atom stereocenters. The van der Waals surface area contributed by atoms with Gasteiger partial charge < -0.3 is 10.1 Å². The van der Waals surface area contributed by atoms with E-state index in [4.69, 9.17) is 11.6 Å². The summed E-state index contributed by atoms with van der Waals surface area (Å²) in [5.41, 5.74) is 0. The van der Waals surface area contributed by atoms with Crippen molar-refractivity contribution >= 4 is 23.4 Å². The van der Waals surface area contributed by atoms with Gasteiger partial charge in [0.1, 0.15) is 5.82 Å². The van der Waals surface area contributed by atoms with Crippen molar-refractivity contribution in [3.05, 3.63) is 17.3 Å². The van der Waals surface area contributed by atoms with Crippen molar-refractivity contribution in [2.75, 3.05) is 19.0 Å². The van der Waals surface area contributed by atoms with Gasteiger partial charge in [0.15, 0.2) is 5.15 Å². The number of halogens is 1. The van der Waals surface area contributed by atoms with Crippen LogP contribution in [0.1, 0.15) is 6.42 Å². The smallest absolute Gasteiger partial charge is 0.307 e. The molecule has 0 aromatic carbocycles. The van der Waals surface area contributed by atoms with Gasteiger partial charge in [0.25, 0.3) is 0 Å². The highest BCUT2D eigenvalue weighted by Crippen LogP contribution is 2.05. The third kappa shape index (κ3) is 3.57. The zero-order valence-electron chi connectivity index (χ0n) is 7.66. The van der Waals surface area contributed by atoms with Crippen molar-refractivity contribution in [2.45, 2.75) is 6.42 Å². The Morgan fingerprint density at radius 3 is 2.93 bits per heavy atom. The number of rotatable bonds is 4. The summed E-state index contributed by atoms with van der Waals surface area (Å²) >= 11 is 5.54. The maximum Gasteiger partial charge on any atom is 0.307 e. The van der Waals surface area contributed by atoms with Crippen LogP contribution in [0.5, 0.6) is 0 Å². The summed E-state index contributed by atoms with van der Waals surface area (Å²) in [6.45, 7) is 0.461. The Balaban J connectivity index is 2.31. The lowest BCUT2D eigenvalue weighted by Crippen LogP contribution is -2.10. The van der Waals surface area contributed by atoms with Crippen LogP contribution in [0.2, 0.25) is 5.15 Å². The number of ether oxygens (including phenoxy) is 1. The second-order valence-corrected chi connectivity index (χ2v) is 2.88. The van der Waals surface area contributed by atoms with Crippen LogP contribution in [0.3, 0.4) is 0 Å². The number of nitrogens with zero attached hydrogens (tertiary/aromatic N) is 2. The van der Waals surface area contributed by atoms with Gasteiger partial charge in [-0.3, -0.25) is 4.79 Å². The van der Waals surface area contributed by atoms with Crippen LogP contribution in [-0.2, 0) is 9.53 Å². The van der Waals surface area contributed by atoms with Crippen LogP contribution in [0.25, 0.3) is 0 Å². The number of hydrogen-bond acceptors (Lipinski definition) is 5. The fourth-order valence-corrected chi connectivity index (χ4v) is 0.906. The van der Waals surface area contributed by atoms with Crippen LogP contribution >= 0.6 is 11.6 Å². The molecule has 0 unspecified atom stereocenters. The van der Waals surface area contributed by atoms with Crippen molar-refractivity contribution in [2.24, 2.45) is 0 Å². The molecule has 0 aliphatic carbocycles. The van der Waals surface area contributed by atoms with Crippen LogP contribution in [0, 0.1) is 0 Å². The summed E-state index contributed by atoms with van der Waals surface area (Å²) in [4.78, 5) is 10.7. The highest BCUT2D eigenvalue weighted by atomic mass is 35.5. The number of anilines is 1. The van der Waals surface area contributed by atoms with E-state index in [1.54, 1.807) is 12.1 Å². The average Bonchev–Trinajstić information content (AvgIpc) is 2.21. The van der Waals surface area contributed by atoms with Crippen LogP contribution < -0.4 is 5.32 Å². The lowest BCUT2D eigenvalue weighted by molar-refractivity contribution is -0.140. The highest BCUT2D eigenvalue weighted by molar-refractivity contribution is 6.29. The summed E-state index contributed by atoms with van der Waals surface area (Å²) in [7, 11) is 1.35. The molecular weight excluding hydrogens is 206 g/mol. The van der Waals surface area contributed by atoms with E-state index in [-0.39, 0.29) is 5.97 Å². The van der Waals surface area contributed by atoms with Crippen molar-refractivity contribution in [3.8, 4) is 0 Å². The van der Waals surface area contributed by atoms with Crippen LogP contribution in [-0.4, -0.2) is 29.8 Å². The number of hydrogen-bond donors (Lipinski definition) is 1. The molecule has 5 nitrogen and oxygen atoms in total. The van der Waals surface area contributed by atoms with Gasteiger partial charge in [-0.05, 0) is 12.1 Å². The molecule has 0 saturated carbocycles. The van der Waals surface area contributed by atoms with E-state index in [9.17, 15) is 4.79 Å². The number of aromatic nitrogens is 2. The fourth-order valence-electron chi connectivity index (χ4n) is 0.805. The van der Waals surface area contributed by atoms with Crippen molar-refractivity contribution in [3.63, 3.8) is 0 Å². The molecule has 0 radical (unpaired) electrons. The molecule has 0 aliphatic heterocycles. The number of carbonyl (C=O) groups excluding carboxylic acids is 1. The first-order valence-corrected chi connectivity index (χ1v) is 4.40. The normalized spacial score (nSPS) is 9.57. The van der Waals surface area contributed by atoms with E-state index < -0.39 is 0 Å². The molecule has 1 rings (SSSR count). The predicted octanol–water partition coefficient (Wildman–Crippen LogP) is 1.10. The number of esters is 1.